The van der Waals surface area contributed by atoms with Gasteiger partial charge in [-0.15, -0.1) is 0 Å². The zero-order chi connectivity index (χ0) is 19.8. The molecule has 0 aliphatic heterocycles. The van der Waals surface area contributed by atoms with Crippen LogP contribution in [0.2, 0.25) is 0 Å². The SMILES string of the molecule is Cc1ccc2c(=O)c(C(=O)Nc3ccc(-n4nc(C)cc4C)nc3)c[nH]c2n1. The molecule has 2 N–H and O–H groups in total. The maximum Gasteiger partial charge on any atom is 0.261 e. The lowest BCUT2D eigenvalue weighted by atomic mass is 10.2. The fraction of sp³-hybridized carbons (Fsp3) is 0.150. The van der Waals surface area contributed by atoms with Crippen LogP contribution >= 0.6 is 0 Å². The fourth-order valence-corrected chi connectivity index (χ4v) is 3.01. The number of amides is 1. The van der Waals surface area contributed by atoms with Crippen molar-refractivity contribution in [2.24, 2.45) is 0 Å². The number of anilines is 1. The lowest BCUT2D eigenvalue weighted by Crippen LogP contribution is -2.22. The summed E-state index contributed by atoms with van der Waals surface area (Å²) in [5, 5.41) is 7.45. The molecule has 0 fully saturated rings. The Labute approximate surface area is 160 Å². The molecule has 4 aromatic heterocycles. The second-order valence-electron chi connectivity index (χ2n) is 6.58. The van der Waals surface area contributed by atoms with Gasteiger partial charge in [-0.25, -0.2) is 14.6 Å². The summed E-state index contributed by atoms with van der Waals surface area (Å²) < 4.78 is 1.73. The van der Waals surface area contributed by atoms with Crippen LogP contribution in [0.5, 0.6) is 0 Å². The van der Waals surface area contributed by atoms with Crippen LogP contribution in [0, 0.1) is 20.8 Å². The quantitative estimate of drug-likeness (QED) is 0.573. The van der Waals surface area contributed by atoms with Gasteiger partial charge >= 0.3 is 0 Å². The van der Waals surface area contributed by atoms with E-state index in [1.807, 2.05) is 26.8 Å². The Kier molecular flexibility index (Phi) is 4.23. The number of fused-ring (bicyclic) bond motifs is 1. The van der Waals surface area contributed by atoms with E-state index in [1.165, 1.54) is 12.4 Å². The van der Waals surface area contributed by atoms with Crippen molar-refractivity contribution in [1.82, 2.24) is 24.7 Å². The largest absolute Gasteiger partial charge is 0.345 e. The average molecular weight is 374 g/mol. The minimum atomic E-state index is -0.510. The third-order valence-electron chi connectivity index (χ3n) is 4.35. The summed E-state index contributed by atoms with van der Waals surface area (Å²) in [4.78, 5) is 36.7. The first-order valence-corrected chi connectivity index (χ1v) is 8.72. The number of carbonyl (C=O) groups is 1. The molecular formula is C20H18N6O2. The van der Waals surface area contributed by atoms with Gasteiger partial charge in [0.25, 0.3) is 5.91 Å². The van der Waals surface area contributed by atoms with Crippen molar-refractivity contribution >= 4 is 22.6 Å². The van der Waals surface area contributed by atoms with Crippen LogP contribution in [0.15, 0.2) is 47.5 Å². The van der Waals surface area contributed by atoms with Crippen molar-refractivity contribution < 1.29 is 4.79 Å². The number of nitrogens with zero attached hydrogens (tertiary/aromatic N) is 4. The summed E-state index contributed by atoms with van der Waals surface area (Å²) >= 11 is 0. The molecule has 8 nitrogen and oxygen atoms in total. The van der Waals surface area contributed by atoms with Crippen LogP contribution in [0.1, 0.15) is 27.4 Å². The molecular weight excluding hydrogens is 356 g/mol. The molecule has 0 saturated heterocycles. The number of rotatable bonds is 3. The third-order valence-corrected chi connectivity index (χ3v) is 4.35. The van der Waals surface area contributed by atoms with Crippen molar-refractivity contribution in [3.63, 3.8) is 0 Å². The number of pyridine rings is 3. The van der Waals surface area contributed by atoms with Gasteiger partial charge in [0.15, 0.2) is 5.82 Å². The van der Waals surface area contributed by atoms with E-state index in [1.54, 1.807) is 28.9 Å². The van der Waals surface area contributed by atoms with Crippen molar-refractivity contribution in [1.29, 1.82) is 0 Å². The molecule has 4 aromatic rings. The van der Waals surface area contributed by atoms with Gasteiger partial charge in [0.1, 0.15) is 11.2 Å². The zero-order valence-corrected chi connectivity index (χ0v) is 15.6. The smallest absolute Gasteiger partial charge is 0.261 e. The molecule has 0 aromatic carbocycles. The van der Waals surface area contributed by atoms with E-state index >= 15 is 0 Å². The summed E-state index contributed by atoms with van der Waals surface area (Å²) in [6.45, 7) is 5.69. The molecule has 0 spiro atoms. The Morgan fingerprint density at radius 2 is 1.93 bits per heavy atom. The van der Waals surface area contributed by atoms with E-state index in [0.29, 0.717) is 22.5 Å². The minimum absolute atomic E-state index is 0.0146. The Bertz CT molecular complexity index is 1250. The molecule has 1 amide bonds. The predicted octanol–water partition coefficient (Wildman–Crippen LogP) is 2.68. The van der Waals surface area contributed by atoms with Gasteiger partial charge in [-0.05, 0) is 51.1 Å². The van der Waals surface area contributed by atoms with Crippen molar-refractivity contribution in [2.45, 2.75) is 20.8 Å². The number of hydrogen-bond donors (Lipinski definition) is 2. The van der Waals surface area contributed by atoms with Crippen LogP contribution in [-0.4, -0.2) is 30.6 Å². The van der Waals surface area contributed by atoms with Gasteiger partial charge < -0.3 is 10.3 Å². The summed E-state index contributed by atoms with van der Waals surface area (Å²) in [5.41, 5.74) is 3.24. The number of nitrogens with one attached hydrogen (secondary N) is 2. The molecule has 0 aliphatic rings. The average Bonchev–Trinajstić information content (AvgIpc) is 3.00. The Morgan fingerprint density at radius 1 is 1.11 bits per heavy atom. The number of aryl methyl sites for hydroxylation is 3. The van der Waals surface area contributed by atoms with Crippen LogP contribution in [0.3, 0.4) is 0 Å². The molecule has 0 bridgehead atoms. The Balaban J connectivity index is 1.59. The van der Waals surface area contributed by atoms with Crippen LogP contribution in [-0.2, 0) is 0 Å². The van der Waals surface area contributed by atoms with Gasteiger partial charge in [0, 0.05) is 17.6 Å². The summed E-state index contributed by atoms with van der Waals surface area (Å²) in [6, 6.07) is 8.84. The van der Waals surface area contributed by atoms with Gasteiger partial charge in [-0.1, -0.05) is 0 Å². The Hall–Kier alpha value is -3.81. The highest BCUT2D eigenvalue weighted by atomic mass is 16.2. The van der Waals surface area contributed by atoms with Crippen molar-refractivity contribution in [3.8, 4) is 5.82 Å². The Morgan fingerprint density at radius 3 is 2.61 bits per heavy atom. The van der Waals surface area contributed by atoms with E-state index in [-0.39, 0.29) is 11.0 Å². The topological polar surface area (TPSA) is 106 Å². The van der Waals surface area contributed by atoms with Crippen molar-refractivity contribution in [2.75, 3.05) is 5.32 Å². The second kappa shape index (κ2) is 6.73. The fourth-order valence-electron chi connectivity index (χ4n) is 3.01. The first-order chi connectivity index (χ1) is 13.4. The van der Waals surface area contributed by atoms with E-state index < -0.39 is 5.91 Å². The van der Waals surface area contributed by atoms with Crippen LogP contribution in [0.25, 0.3) is 16.9 Å². The molecule has 4 heterocycles. The van der Waals surface area contributed by atoms with Gasteiger partial charge in [0.05, 0.1) is 23.0 Å². The zero-order valence-electron chi connectivity index (χ0n) is 15.6. The standard InChI is InChI=1S/C20H18N6O2/c1-11-4-6-15-18(27)16(10-22-19(15)23-11)20(28)24-14-5-7-17(21-9-14)26-13(3)8-12(2)25-26/h4-10H,1-3H3,(H,24,28)(H,22,23,27). The lowest BCUT2D eigenvalue weighted by molar-refractivity contribution is 0.102. The van der Waals surface area contributed by atoms with Crippen LogP contribution in [0.4, 0.5) is 5.69 Å². The number of aromatic amines is 1. The number of H-pyrrole nitrogens is 1. The second-order valence-corrected chi connectivity index (χ2v) is 6.58. The highest BCUT2D eigenvalue weighted by Gasteiger charge is 2.14. The van der Waals surface area contributed by atoms with E-state index in [4.69, 9.17) is 0 Å². The molecule has 140 valence electrons. The summed E-state index contributed by atoms with van der Waals surface area (Å²) in [7, 11) is 0. The maximum atomic E-state index is 12.6. The van der Waals surface area contributed by atoms with Gasteiger partial charge in [0.2, 0.25) is 5.43 Å². The highest BCUT2D eigenvalue weighted by Crippen LogP contribution is 2.14. The van der Waals surface area contributed by atoms with Gasteiger partial charge in [-0.2, -0.15) is 5.10 Å². The monoisotopic (exact) mass is 374 g/mol. The molecule has 0 aliphatic carbocycles. The maximum absolute atomic E-state index is 12.6. The van der Waals surface area contributed by atoms with E-state index in [9.17, 15) is 9.59 Å². The predicted molar refractivity (Wildman–Crippen MR) is 106 cm³/mol. The molecule has 0 atom stereocenters. The molecule has 0 unspecified atom stereocenters. The number of carbonyl (C=O) groups excluding carboxylic acids is 1. The molecule has 28 heavy (non-hydrogen) atoms. The number of aromatic nitrogens is 5. The molecule has 0 radical (unpaired) electrons. The lowest BCUT2D eigenvalue weighted by Gasteiger charge is -2.07. The summed E-state index contributed by atoms with van der Waals surface area (Å²) in [5.74, 6) is 0.137. The molecule has 0 saturated carbocycles. The molecule has 8 heteroatoms. The minimum Gasteiger partial charge on any atom is -0.345 e. The van der Waals surface area contributed by atoms with Crippen LogP contribution < -0.4 is 10.7 Å². The first kappa shape index (κ1) is 17.6. The van der Waals surface area contributed by atoms with Crippen molar-refractivity contribution in [3.05, 3.63) is 75.6 Å². The normalized spacial score (nSPS) is 11.0. The summed E-state index contributed by atoms with van der Waals surface area (Å²) in [6.07, 6.45) is 2.91. The first-order valence-electron chi connectivity index (χ1n) is 8.72. The van der Waals surface area contributed by atoms with E-state index in [0.717, 1.165) is 17.1 Å². The number of hydrogen-bond acceptors (Lipinski definition) is 5. The third kappa shape index (κ3) is 3.16. The van der Waals surface area contributed by atoms with E-state index in [2.05, 4.69) is 25.4 Å². The van der Waals surface area contributed by atoms with Gasteiger partial charge in [-0.3, -0.25) is 9.59 Å². The highest BCUT2D eigenvalue weighted by molar-refractivity contribution is 6.05. The molecule has 4 rings (SSSR count).